The van der Waals surface area contributed by atoms with Crippen molar-refractivity contribution in [3.05, 3.63) is 35.6 Å². The number of nitrogens with zero attached hydrogens (tertiary/aromatic N) is 1. The Labute approximate surface area is 122 Å². The van der Waals surface area contributed by atoms with E-state index in [2.05, 4.69) is 31.1 Å². The van der Waals surface area contributed by atoms with Crippen molar-refractivity contribution >= 4 is 0 Å². The van der Waals surface area contributed by atoms with E-state index < -0.39 is 0 Å². The first-order valence-electron chi connectivity index (χ1n) is 7.81. The van der Waals surface area contributed by atoms with Gasteiger partial charge in [0.1, 0.15) is 5.82 Å². The largest absolute Gasteiger partial charge is 0.310 e. The van der Waals surface area contributed by atoms with E-state index in [0.29, 0.717) is 5.92 Å². The van der Waals surface area contributed by atoms with Crippen LogP contribution in [0.4, 0.5) is 4.39 Å². The van der Waals surface area contributed by atoms with Crippen molar-refractivity contribution in [3.8, 4) is 0 Å². The molecule has 0 spiro atoms. The number of hydrogen-bond donors (Lipinski definition) is 1. The molecule has 112 valence electrons. The van der Waals surface area contributed by atoms with Crippen molar-refractivity contribution in [3.63, 3.8) is 0 Å². The van der Waals surface area contributed by atoms with Crippen LogP contribution in [0.1, 0.15) is 44.7 Å². The average molecular weight is 278 g/mol. The fraction of sp³-hybridized carbons (Fsp3) is 0.647. The van der Waals surface area contributed by atoms with Crippen LogP contribution < -0.4 is 5.32 Å². The van der Waals surface area contributed by atoms with Gasteiger partial charge in [0.15, 0.2) is 0 Å². The van der Waals surface area contributed by atoms with Crippen molar-refractivity contribution in [1.29, 1.82) is 0 Å². The van der Waals surface area contributed by atoms with Crippen LogP contribution in [0.15, 0.2) is 24.3 Å². The van der Waals surface area contributed by atoms with Gasteiger partial charge in [-0.25, -0.2) is 4.39 Å². The third kappa shape index (κ3) is 4.03. The van der Waals surface area contributed by atoms with E-state index in [0.717, 1.165) is 31.1 Å². The third-order valence-corrected chi connectivity index (χ3v) is 4.17. The van der Waals surface area contributed by atoms with E-state index in [4.69, 9.17) is 0 Å². The van der Waals surface area contributed by atoms with E-state index >= 15 is 0 Å². The summed E-state index contributed by atoms with van der Waals surface area (Å²) in [5.74, 6) is 0.297. The first kappa shape index (κ1) is 15.5. The first-order valence-corrected chi connectivity index (χ1v) is 7.81. The minimum absolute atomic E-state index is 0.0948. The highest BCUT2D eigenvalue weighted by Crippen LogP contribution is 2.30. The van der Waals surface area contributed by atoms with Crippen LogP contribution >= 0.6 is 0 Å². The number of hydrogen-bond acceptors (Lipinski definition) is 2. The summed E-state index contributed by atoms with van der Waals surface area (Å²) in [7, 11) is 2.19. The topological polar surface area (TPSA) is 15.3 Å². The van der Waals surface area contributed by atoms with Crippen molar-refractivity contribution in [2.75, 3.05) is 20.1 Å². The highest BCUT2D eigenvalue weighted by Gasteiger charge is 2.29. The predicted molar refractivity (Wildman–Crippen MR) is 82.3 cm³/mol. The summed E-state index contributed by atoms with van der Waals surface area (Å²) in [6, 6.07) is 8.01. The molecule has 1 N–H and O–H groups in total. The highest BCUT2D eigenvalue weighted by atomic mass is 19.1. The fourth-order valence-electron chi connectivity index (χ4n) is 2.87. The Balaban J connectivity index is 2.07. The molecule has 1 aromatic rings. The average Bonchev–Trinajstić information content (AvgIpc) is 3.25. The Kier molecular flexibility index (Phi) is 5.55. The van der Waals surface area contributed by atoms with Crippen LogP contribution in [-0.4, -0.2) is 31.1 Å². The zero-order valence-corrected chi connectivity index (χ0v) is 12.9. The molecule has 2 nitrogen and oxygen atoms in total. The van der Waals surface area contributed by atoms with Gasteiger partial charge in [-0.1, -0.05) is 32.0 Å². The van der Waals surface area contributed by atoms with E-state index in [1.54, 1.807) is 12.1 Å². The maximum atomic E-state index is 14.1. The minimum Gasteiger partial charge on any atom is -0.310 e. The molecule has 1 aliphatic carbocycles. The van der Waals surface area contributed by atoms with Crippen molar-refractivity contribution < 1.29 is 4.39 Å². The number of benzene rings is 1. The molecule has 1 fully saturated rings. The monoisotopic (exact) mass is 278 g/mol. The van der Waals surface area contributed by atoms with E-state index in [-0.39, 0.29) is 11.9 Å². The maximum absolute atomic E-state index is 14.1. The van der Waals surface area contributed by atoms with Gasteiger partial charge in [-0.2, -0.15) is 0 Å². The summed E-state index contributed by atoms with van der Waals surface area (Å²) >= 11 is 0. The van der Waals surface area contributed by atoms with Crippen LogP contribution in [0.3, 0.4) is 0 Å². The number of halogens is 1. The number of nitrogens with one attached hydrogen (secondary N) is 1. The second-order valence-electron chi connectivity index (χ2n) is 6.10. The van der Waals surface area contributed by atoms with Crippen molar-refractivity contribution in [2.24, 2.45) is 5.92 Å². The third-order valence-electron chi connectivity index (χ3n) is 4.17. The predicted octanol–water partition coefficient (Wildman–Crippen LogP) is 3.60. The molecule has 20 heavy (non-hydrogen) atoms. The normalized spacial score (nSPS) is 18.2. The van der Waals surface area contributed by atoms with Crippen LogP contribution in [0.25, 0.3) is 0 Å². The molecule has 1 saturated carbocycles. The van der Waals surface area contributed by atoms with Gasteiger partial charge in [0, 0.05) is 24.2 Å². The molecular formula is C17H27FN2. The molecule has 1 aliphatic rings. The summed E-state index contributed by atoms with van der Waals surface area (Å²) in [5.41, 5.74) is 0.803. The Morgan fingerprint density at radius 2 is 2.05 bits per heavy atom. The molecule has 3 heteroatoms. The zero-order chi connectivity index (χ0) is 14.5. The molecule has 0 aromatic heterocycles. The molecule has 0 amide bonds. The maximum Gasteiger partial charge on any atom is 0.127 e. The molecule has 0 saturated heterocycles. The van der Waals surface area contributed by atoms with Gasteiger partial charge in [0.25, 0.3) is 0 Å². The quantitative estimate of drug-likeness (QED) is 0.781. The Morgan fingerprint density at radius 1 is 1.35 bits per heavy atom. The lowest BCUT2D eigenvalue weighted by atomic mass is 9.93. The van der Waals surface area contributed by atoms with E-state index in [1.807, 2.05) is 12.1 Å². The molecule has 2 rings (SSSR count). The fourth-order valence-corrected chi connectivity index (χ4v) is 2.87. The minimum atomic E-state index is -0.0953. The number of rotatable bonds is 8. The van der Waals surface area contributed by atoms with Gasteiger partial charge >= 0.3 is 0 Å². The Bertz CT molecular complexity index is 417. The Hall–Kier alpha value is -0.930. The summed E-state index contributed by atoms with van der Waals surface area (Å²) < 4.78 is 14.1. The smallest absolute Gasteiger partial charge is 0.127 e. The second-order valence-corrected chi connectivity index (χ2v) is 6.10. The van der Waals surface area contributed by atoms with Crippen LogP contribution in [-0.2, 0) is 0 Å². The lowest BCUT2D eigenvalue weighted by molar-refractivity contribution is 0.237. The molecule has 2 unspecified atom stereocenters. The molecular weight excluding hydrogens is 251 g/mol. The molecule has 0 bridgehead atoms. The summed E-state index contributed by atoms with van der Waals surface area (Å²) in [6.07, 6.45) is 3.70. The SMILES string of the molecule is CCCNC(c1ccccc1F)C(C)CN(C)C1CC1. The standard InChI is InChI=1S/C17H27FN2/c1-4-11-19-17(15-7-5-6-8-16(15)18)13(2)12-20(3)14-9-10-14/h5-8,13-14,17,19H,4,9-12H2,1-3H3. The van der Waals surface area contributed by atoms with Crippen molar-refractivity contribution in [1.82, 2.24) is 10.2 Å². The second kappa shape index (κ2) is 7.19. The summed E-state index contributed by atoms with van der Waals surface area (Å²) in [6.45, 7) is 6.31. The lowest BCUT2D eigenvalue weighted by Crippen LogP contribution is -2.36. The Morgan fingerprint density at radius 3 is 2.65 bits per heavy atom. The van der Waals surface area contributed by atoms with Gasteiger partial charge in [-0.05, 0) is 44.8 Å². The van der Waals surface area contributed by atoms with Crippen LogP contribution in [0.5, 0.6) is 0 Å². The highest BCUT2D eigenvalue weighted by molar-refractivity contribution is 5.22. The van der Waals surface area contributed by atoms with Gasteiger partial charge in [-0.15, -0.1) is 0 Å². The van der Waals surface area contributed by atoms with Crippen molar-refractivity contribution in [2.45, 2.75) is 45.2 Å². The van der Waals surface area contributed by atoms with Gasteiger partial charge in [-0.3, -0.25) is 0 Å². The molecule has 0 heterocycles. The van der Waals surface area contributed by atoms with E-state index in [1.165, 1.54) is 12.8 Å². The van der Waals surface area contributed by atoms with Crippen LogP contribution in [0.2, 0.25) is 0 Å². The van der Waals surface area contributed by atoms with Gasteiger partial charge in [0.2, 0.25) is 0 Å². The first-order chi connectivity index (χ1) is 9.63. The summed E-state index contributed by atoms with van der Waals surface area (Å²) in [5, 5.41) is 3.52. The zero-order valence-electron chi connectivity index (χ0n) is 12.9. The van der Waals surface area contributed by atoms with Crippen LogP contribution in [0, 0.1) is 11.7 Å². The van der Waals surface area contributed by atoms with Gasteiger partial charge in [0.05, 0.1) is 0 Å². The van der Waals surface area contributed by atoms with E-state index in [9.17, 15) is 4.39 Å². The molecule has 2 atom stereocenters. The molecule has 0 radical (unpaired) electrons. The summed E-state index contributed by atoms with van der Waals surface area (Å²) in [4.78, 5) is 2.42. The van der Waals surface area contributed by atoms with Gasteiger partial charge < -0.3 is 10.2 Å². The molecule has 0 aliphatic heterocycles. The lowest BCUT2D eigenvalue weighted by Gasteiger charge is -2.29. The molecule has 1 aromatic carbocycles.